The molecule has 1 aliphatic carbocycles. The van der Waals surface area contributed by atoms with Gasteiger partial charge < -0.3 is 10.6 Å². The molecule has 2 N–H and O–H groups in total. The predicted octanol–water partition coefficient (Wildman–Crippen LogP) is 4.72. The number of halogens is 2. The normalized spacial score (nSPS) is 16.1. The molecular formula is C18H18F2N2S. The first kappa shape index (κ1) is 15.9. The van der Waals surface area contributed by atoms with Crippen molar-refractivity contribution >= 4 is 23.0 Å². The molecule has 2 nitrogen and oxygen atoms in total. The van der Waals surface area contributed by atoms with Crippen molar-refractivity contribution in [3.8, 4) is 0 Å². The summed E-state index contributed by atoms with van der Waals surface area (Å²) in [5.74, 6) is -1.76. The molecule has 1 saturated carbocycles. The molecule has 0 bridgehead atoms. The second-order valence-corrected chi connectivity index (χ2v) is 6.27. The Kier molecular flexibility index (Phi) is 4.57. The summed E-state index contributed by atoms with van der Waals surface area (Å²) in [4.78, 5) is 0. The summed E-state index contributed by atoms with van der Waals surface area (Å²) in [6, 6.07) is 13.9. The third-order valence-electron chi connectivity index (χ3n) is 4.31. The second kappa shape index (κ2) is 6.62. The maximum atomic E-state index is 13.3. The molecule has 0 saturated heterocycles. The van der Waals surface area contributed by atoms with Gasteiger partial charge in [-0.15, -0.1) is 0 Å². The van der Waals surface area contributed by atoms with Crippen molar-refractivity contribution in [2.24, 2.45) is 0 Å². The molecule has 3 rings (SSSR count). The first-order valence-electron chi connectivity index (χ1n) is 7.69. The van der Waals surface area contributed by atoms with Gasteiger partial charge in [-0.05, 0) is 42.8 Å². The fourth-order valence-corrected chi connectivity index (χ4v) is 3.49. The predicted molar refractivity (Wildman–Crippen MR) is 92.3 cm³/mol. The Balaban J connectivity index is 1.75. The monoisotopic (exact) mass is 332 g/mol. The highest BCUT2D eigenvalue weighted by Gasteiger charge is 2.36. The summed E-state index contributed by atoms with van der Waals surface area (Å²) in [7, 11) is 0. The molecule has 5 heteroatoms. The van der Waals surface area contributed by atoms with Crippen molar-refractivity contribution in [1.29, 1.82) is 0 Å². The lowest BCUT2D eigenvalue weighted by molar-refractivity contribution is 0.408. The molecule has 1 aliphatic rings. The van der Waals surface area contributed by atoms with Crippen molar-refractivity contribution in [2.75, 3.05) is 5.32 Å². The Morgan fingerprint density at radius 1 is 0.957 bits per heavy atom. The number of anilines is 1. The largest absolute Gasteiger partial charge is 0.353 e. The summed E-state index contributed by atoms with van der Waals surface area (Å²) in [6.07, 6.45) is 4.26. The van der Waals surface area contributed by atoms with E-state index in [0.29, 0.717) is 10.8 Å². The maximum Gasteiger partial charge on any atom is 0.171 e. The maximum absolute atomic E-state index is 13.3. The molecule has 0 aliphatic heterocycles. The van der Waals surface area contributed by atoms with E-state index in [1.54, 1.807) is 0 Å². The van der Waals surface area contributed by atoms with Crippen LogP contribution in [0.3, 0.4) is 0 Å². The number of hydrogen-bond acceptors (Lipinski definition) is 1. The van der Waals surface area contributed by atoms with Gasteiger partial charge in [-0.2, -0.15) is 0 Å². The highest BCUT2D eigenvalue weighted by Crippen LogP contribution is 2.38. The summed E-state index contributed by atoms with van der Waals surface area (Å²) in [5.41, 5.74) is 1.44. The fraction of sp³-hybridized carbons (Fsp3) is 0.278. The quantitative estimate of drug-likeness (QED) is 0.795. The number of benzene rings is 2. The van der Waals surface area contributed by atoms with Crippen LogP contribution in [0.25, 0.3) is 0 Å². The molecule has 0 atom stereocenters. The molecule has 0 radical (unpaired) electrons. The van der Waals surface area contributed by atoms with Crippen LogP contribution in [0, 0.1) is 11.6 Å². The molecule has 0 amide bonds. The summed E-state index contributed by atoms with van der Waals surface area (Å²) in [5, 5.41) is 6.76. The van der Waals surface area contributed by atoms with Gasteiger partial charge >= 0.3 is 0 Å². The number of rotatable bonds is 3. The van der Waals surface area contributed by atoms with Crippen molar-refractivity contribution < 1.29 is 8.78 Å². The van der Waals surface area contributed by atoms with E-state index in [1.807, 2.05) is 18.2 Å². The van der Waals surface area contributed by atoms with E-state index >= 15 is 0 Å². The van der Waals surface area contributed by atoms with Gasteiger partial charge in [-0.1, -0.05) is 43.2 Å². The third kappa shape index (κ3) is 3.50. The van der Waals surface area contributed by atoms with Crippen molar-refractivity contribution in [1.82, 2.24) is 5.32 Å². The lowest BCUT2D eigenvalue weighted by Gasteiger charge is -2.32. The van der Waals surface area contributed by atoms with Gasteiger partial charge in [0.05, 0.1) is 5.54 Å². The Bertz CT molecular complexity index is 697. The molecule has 2 aromatic carbocycles. The minimum Gasteiger partial charge on any atom is -0.353 e. The van der Waals surface area contributed by atoms with E-state index in [-0.39, 0.29) is 5.54 Å². The van der Waals surface area contributed by atoms with E-state index in [4.69, 9.17) is 12.2 Å². The van der Waals surface area contributed by atoms with Crippen molar-refractivity contribution in [3.63, 3.8) is 0 Å². The topological polar surface area (TPSA) is 24.1 Å². The smallest absolute Gasteiger partial charge is 0.171 e. The Morgan fingerprint density at radius 3 is 2.30 bits per heavy atom. The highest BCUT2D eigenvalue weighted by atomic mass is 32.1. The second-order valence-electron chi connectivity index (χ2n) is 5.86. The van der Waals surface area contributed by atoms with Gasteiger partial charge in [-0.3, -0.25) is 0 Å². The highest BCUT2D eigenvalue weighted by molar-refractivity contribution is 7.80. The first-order valence-corrected chi connectivity index (χ1v) is 8.10. The van der Waals surface area contributed by atoms with E-state index in [2.05, 4.69) is 22.8 Å². The van der Waals surface area contributed by atoms with Gasteiger partial charge in [0, 0.05) is 11.8 Å². The fourth-order valence-electron chi connectivity index (χ4n) is 3.18. The molecule has 1 fully saturated rings. The van der Waals surface area contributed by atoms with Crippen LogP contribution in [0.5, 0.6) is 0 Å². The van der Waals surface area contributed by atoms with Crippen molar-refractivity contribution in [3.05, 3.63) is 65.7 Å². The molecule has 0 heterocycles. The zero-order valence-electron chi connectivity index (χ0n) is 12.6. The van der Waals surface area contributed by atoms with E-state index < -0.39 is 11.6 Å². The lowest BCUT2D eigenvalue weighted by atomic mass is 9.88. The summed E-state index contributed by atoms with van der Waals surface area (Å²) < 4.78 is 26.3. The average Bonchev–Trinajstić information content (AvgIpc) is 3.01. The third-order valence-corrected chi connectivity index (χ3v) is 4.52. The Hall–Kier alpha value is -2.01. The Morgan fingerprint density at radius 2 is 1.65 bits per heavy atom. The minimum atomic E-state index is -0.892. The molecule has 0 spiro atoms. The Labute approximate surface area is 139 Å². The minimum absolute atomic E-state index is 0.191. The van der Waals surface area contributed by atoms with Crippen LogP contribution in [-0.2, 0) is 5.54 Å². The zero-order chi connectivity index (χ0) is 16.3. The summed E-state index contributed by atoms with van der Waals surface area (Å²) >= 11 is 5.38. The van der Waals surface area contributed by atoms with Gasteiger partial charge in [0.2, 0.25) is 0 Å². The van der Waals surface area contributed by atoms with Crippen LogP contribution < -0.4 is 10.6 Å². The standard InChI is InChI=1S/C18H18F2N2S/c19-15-9-8-14(12-16(15)20)21-17(23)22-18(10-4-5-11-18)13-6-2-1-3-7-13/h1-3,6-9,12H,4-5,10-11H2,(H2,21,22,23). The van der Waals surface area contributed by atoms with E-state index in [9.17, 15) is 8.78 Å². The van der Waals surface area contributed by atoms with Crippen molar-refractivity contribution in [2.45, 2.75) is 31.2 Å². The summed E-state index contributed by atoms with van der Waals surface area (Å²) in [6.45, 7) is 0. The van der Waals surface area contributed by atoms with Crippen LogP contribution >= 0.6 is 12.2 Å². The van der Waals surface area contributed by atoms with Crippen LogP contribution in [0.15, 0.2) is 48.5 Å². The van der Waals surface area contributed by atoms with E-state index in [1.165, 1.54) is 11.6 Å². The van der Waals surface area contributed by atoms with Crippen LogP contribution in [-0.4, -0.2) is 5.11 Å². The van der Waals surface area contributed by atoms with Crippen LogP contribution in [0.4, 0.5) is 14.5 Å². The molecular weight excluding hydrogens is 314 g/mol. The lowest BCUT2D eigenvalue weighted by Crippen LogP contribution is -2.45. The zero-order valence-corrected chi connectivity index (χ0v) is 13.4. The van der Waals surface area contributed by atoms with E-state index in [0.717, 1.165) is 37.8 Å². The molecule has 0 unspecified atom stereocenters. The van der Waals surface area contributed by atoms with Gasteiger partial charge in [0.1, 0.15) is 0 Å². The number of hydrogen-bond donors (Lipinski definition) is 2. The SMILES string of the molecule is Fc1ccc(NC(=S)NC2(c3ccccc3)CCCC2)cc1F. The number of nitrogens with one attached hydrogen (secondary N) is 2. The molecule has 2 aromatic rings. The van der Waals surface area contributed by atoms with Gasteiger partial charge in [0.25, 0.3) is 0 Å². The van der Waals surface area contributed by atoms with Crippen LogP contribution in [0.1, 0.15) is 31.2 Å². The molecule has 23 heavy (non-hydrogen) atoms. The average molecular weight is 332 g/mol. The number of thiocarbonyl (C=S) groups is 1. The molecule has 0 aromatic heterocycles. The van der Waals surface area contributed by atoms with Crippen LogP contribution in [0.2, 0.25) is 0 Å². The van der Waals surface area contributed by atoms with Gasteiger partial charge in [-0.25, -0.2) is 8.78 Å². The first-order chi connectivity index (χ1) is 11.1. The molecule has 120 valence electrons. The van der Waals surface area contributed by atoms with Gasteiger partial charge in [0.15, 0.2) is 16.7 Å².